The third-order valence-electron chi connectivity index (χ3n) is 3.78. The first kappa shape index (κ1) is 15.7. The lowest BCUT2D eigenvalue weighted by Gasteiger charge is -2.27. The Morgan fingerprint density at radius 1 is 1.39 bits per heavy atom. The zero-order valence-corrected chi connectivity index (χ0v) is 13.3. The molecule has 0 radical (unpaired) electrons. The standard InChI is InChI=1S/C13H17N5O4S/c1-7(19)15-13-16-10-6-8(12(20)17-14)2-5-11(10)18(13)23(21,22)9-3-4-9/h5-6,9,13H,2-4,14H2,1H3,(H,15,19)(H,17,20). The molecule has 0 spiro atoms. The molecule has 23 heavy (non-hydrogen) atoms. The summed E-state index contributed by atoms with van der Waals surface area (Å²) in [4.78, 5) is 27.2. The number of nitrogens with zero attached hydrogens (tertiary/aromatic N) is 2. The van der Waals surface area contributed by atoms with Gasteiger partial charge in [0.25, 0.3) is 5.91 Å². The van der Waals surface area contributed by atoms with Gasteiger partial charge in [0.2, 0.25) is 22.2 Å². The maximum Gasteiger partial charge on any atom is 0.261 e. The highest BCUT2D eigenvalue weighted by Gasteiger charge is 2.47. The summed E-state index contributed by atoms with van der Waals surface area (Å²) in [5, 5.41) is 2.08. The molecule has 0 aromatic heterocycles. The molecule has 0 saturated heterocycles. The molecule has 124 valence electrons. The number of nitrogens with two attached hydrogens (primary N) is 1. The van der Waals surface area contributed by atoms with E-state index in [-0.39, 0.29) is 6.42 Å². The van der Waals surface area contributed by atoms with Gasteiger partial charge in [-0.3, -0.25) is 15.0 Å². The average Bonchev–Trinajstić information content (AvgIpc) is 3.27. The minimum absolute atomic E-state index is 0.237. The highest BCUT2D eigenvalue weighted by atomic mass is 32.2. The molecule has 1 heterocycles. The Labute approximate surface area is 133 Å². The molecule has 1 saturated carbocycles. The molecule has 0 aromatic rings. The van der Waals surface area contributed by atoms with E-state index in [1.807, 2.05) is 5.43 Å². The molecule has 0 bridgehead atoms. The van der Waals surface area contributed by atoms with E-state index in [9.17, 15) is 18.0 Å². The van der Waals surface area contributed by atoms with Gasteiger partial charge in [-0.1, -0.05) is 6.08 Å². The summed E-state index contributed by atoms with van der Waals surface area (Å²) in [6, 6.07) is 0. The maximum absolute atomic E-state index is 12.7. The van der Waals surface area contributed by atoms with Crippen molar-refractivity contribution in [2.75, 3.05) is 0 Å². The fraction of sp³-hybridized carbons (Fsp3) is 0.462. The molecule has 9 nitrogen and oxygen atoms in total. The van der Waals surface area contributed by atoms with E-state index in [1.165, 1.54) is 13.0 Å². The first-order valence-electron chi connectivity index (χ1n) is 7.15. The Morgan fingerprint density at radius 2 is 2.09 bits per heavy atom. The van der Waals surface area contributed by atoms with Crippen LogP contribution in [0.2, 0.25) is 0 Å². The van der Waals surface area contributed by atoms with Crippen molar-refractivity contribution in [2.24, 2.45) is 10.8 Å². The molecule has 10 heteroatoms. The minimum Gasteiger partial charge on any atom is -0.317 e. The van der Waals surface area contributed by atoms with Crippen LogP contribution in [0, 0.1) is 0 Å². The minimum atomic E-state index is -3.59. The first-order valence-corrected chi connectivity index (χ1v) is 8.65. The summed E-state index contributed by atoms with van der Waals surface area (Å²) in [6.45, 7) is 1.29. The van der Waals surface area contributed by atoms with Crippen molar-refractivity contribution in [1.82, 2.24) is 15.0 Å². The Bertz CT molecular complexity index is 763. The van der Waals surface area contributed by atoms with E-state index in [2.05, 4.69) is 10.3 Å². The molecule has 1 atom stereocenters. The Balaban J connectivity index is 1.97. The summed E-state index contributed by atoms with van der Waals surface area (Å²) >= 11 is 0. The zero-order chi connectivity index (χ0) is 16.8. The number of hydrazine groups is 1. The molecule has 4 N–H and O–H groups in total. The fourth-order valence-electron chi connectivity index (χ4n) is 2.56. The number of sulfonamides is 1. The molecule has 1 aliphatic heterocycles. The smallest absolute Gasteiger partial charge is 0.261 e. The lowest BCUT2D eigenvalue weighted by Crippen LogP contribution is -2.47. The van der Waals surface area contributed by atoms with Crippen molar-refractivity contribution in [1.29, 1.82) is 0 Å². The van der Waals surface area contributed by atoms with Gasteiger partial charge in [0.15, 0.2) is 0 Å². The second-order valence-corrected chi connectivity index (χ2v) is 7.66. The second-order valence-electron chi connectivity index (χ2n) is 5.57. The maximum atomic E-state index is 12.7. The van der Waals surface area contributed by atoms with Crippen LogP contribution in [0.15, 0.2) is 28.4 Å². The van der Waals surface area contributed by atoms with Crippen molar-refractivity contribution in [2.45, 2.75) is 37.7 Å². The van der Waals surface area contributed by atoms with Gasteiger partial charge in [0.05, 0.1) is 16.7 Å². The summed E-state index contributed by atoms with van der Waals surface area (Å²) < 4.78 is 26.5. The number of amides is 2. The number of carbonyl (C=O) groups excluding carboxylic acids is 2. The van der Waals surface area contributed by atoms with Crippen LogP contribution >= 0.6 is 0 Å². The molecule has 1 unspecified atom stereocenters. The monoisotopic (exact) mass is 339 g/mol. The topological polar surface area (TPSA) is 134 Å². The van der Waals surface area contributed by atoms with Crippen LogP contribution in [0.25, 0.3) is 0 Å². The van der Waals surface area contributed by atoms with Crippen LogP contribution in [0.3, 0.4) is 0 Å². The summed E-state index contributed by atoms with van der Waals surface area (Å²) in [5.41, 5.74) is 3.15. The van der Waals surface area contributed by atoms with E-state index >= 15 is 0 Å². The average molecular weight is 339 g/mol. The SMILES string of the molecule is CC(=O)NC1N=C2C=C(C(=O)NN)CC=C2N1S(=O)(=O)C1CC1. The largest absolute Gasteiger partial charge is 0.317 e. The molecule has 3 aliphatic rings. The van der Waals surface area contributed by atoms with Crippen molar-refractivity contribution in [3.05, 3.63) is 23.4 Å². The molecule has 1 fully saturated rings. The molecule has 2 aliphatic carbocycles. The number of nitrogens with one attached hydrogen (secondary N) is 2. The van der Waals surface area contributed by atoms with Gasteiger partial charge in [-0.25, -0.2) is 23.6 Å². The number of fused-ring (bicyclic) bond motifs is 1. The van der Waals surface area contributed by atoms with Crippen molar-refractivity contribution >= 4 is 27.5 Å². The molecular weight excluding hydrogens is 322 g/mol. The third kappa shape index (κ3) is 2.75. The highest BCUT2D eigenvalue weighted by Crippen LogP contribution is 2.37. The normalized spacial score (nSPS) is 23.5. The Kier molecular flexibility index (Phi) is 3.72. The number of aliphatic imine (C=N–C) groups is 1. The van der Waals surface area contributed by atoms with Crippen LogP contribution in [-0.2, 0) is 19.6 Å². The molecular formula is C13H17N5O4S. The number of hydrogen-bond acceptors (Lipinski definition) is 6. The first-order chi connectivity index (χ1) is 10.8. The van der Waals surface area contributed by atoms with Gasteiger partial charge < -0.3 is 5.32 Å². The summed E-state index contributed by atoms with van der Waals surface area (Å²) in [7, 11) is -3.59. The van der Waals surface area contributed by atoms with E-state index in [1.54, 1.807) is 6.08 Å². The molecule has 0 aromatic carbocycles. The van der Waals surface area contributed by atoms with E-state index in [0.717, 1.165) is 4.31 Å². The predicted octanol–water partition coefficient (Wildman–Crippen LogP) is -1.14. The van der Waals surface area contributed by atoms with Crippen LogP contribution in [0.1, 0.15) is 26.2 Å². The van der Waals surface area contributed by atoms with E-state index in [0.29, 0.717) is 29.8 Å². The van der Waals surface area contributed by atoms with Crippen molar-refractivity contribution < 1.29 is 18.0 Å². The number of allylic oxidation sites excluding steroid dienone is 2. The van der Waals surface area contributed by atoms with E-state index < -0.39 is 33.4 Å². The zero-order valence-electron chi connectivity index (χ0n) is 12.4. The van der Waals surface area contributed by atoms with Crippen LogP contribution < -0.4 is 16.6 Å². The quantitative estimate of drug-likeness (QED) is 0.338. The lowest BCUT2D eigenvalue weighted by atomic mass is 10.0. The number of rotatable bonds is 4. The van der Waals surface area contributed by atoms with Crippen LogP contribution in [-0.4, -0.2) is 41.8 Å². The third-order valence-corrected chi connectivity index (χ3v) is 6.04. The summed E-state index contributed by atoms with van der Waals surface area (Å²) in [6.07, 6.45) is 3.53. The van der Waals surface area contributed by atoms with Gasteiger partial charge in [-0.05, 0) is 25.3 Å². The van der Waals surface area contributed by atoms with Crippen LogP contribution in [0.5, 0.6) is 0 Å². The van der Waals surface area contributed by atoms with Crippen molar-refractivity contribution in [3.63, 3.8) is 0 Å². The predicted molar refractivity (Wildman–Crippen MR) is 81.9 cm³/mol. The summed E-state index contributed by atoms with van der Waals surface area (Å²) in [5.74, 6) is 4.27. The Morgan fingerprint density at radius 3 is 2.65 bits per heavy atom. The van der Waals surface area contributed by atoms with Gasteiger partial charge in [-0.2, -0.15) is 0 Å². The Hall–Kier alpha value is -2.20. The van der Waals surface area contributed by atoms with Gasteiger partial charge in [0, 0.05) is 12.5 Å². The lowest BCUT2D eigenvalue weighted by molar-refractivity contribution is -0.120. The van der Waals surface area contributed by atoms with E-state index in [4.69, 9.17) is 5.84 Å². The number of carbonyl (C=O) groups is 2. The van der Waals surface area contributed by atoms with Crippen LogP contribution in [0.4, 0.5) is 0 Å². The fourth-order valence-corrected chi connectivity index (χ4v) is 4.43. The van der Waals surface area contributed by atoms with Crippen molar-refractivity contribution in [3.8, 4) is 0 Å². The highest BCUT2D eigenvalue weighted by molar-refractivity contribution is 7.90. The molecule has 2 amide bonds. The molecule has 3 rings (SSSR count). The van der Waals surface area contributed by atoms with Gasteiger partial charge in [-0.15, -0.1) is 0 Å². The number of hydrogen-bond donors (Lipinski definition) is 3. The van der Waals surface area contributed by atoms with Gasteiger partial charge >= 0.3 is 0 Å². The second kappa shape index (κ2) is 5.46. The van der Waals surface area contributed by atoms with Gasteiger partial charge in [0.1, 0.15) is 0 Å².